The predicted octanol–water partition coefficient (Wildman–Crippen LogP) is 2.98. The second kappa shape index (κ2) is 5.41. The molecule has 0 saturated carbocycles. The second-order valence-corrected chi connectivity index (χ2v) is 6.05. The molecular weight excluding hydrogens is 236 g/mol. The zero-order valence-corrected chi connectivity index (χ0v) is 11.9. The van der Waals surface area contributed by atoms with Gasteiger partial charge in [0.1, 0.15) is 5.75 Å². The number of hydrogen-bond acceptors (Lipinski definition) is 3. The fourth-order valence-electron chi connectivity index (χ4n) is 3.28. The minimum atomic E-state index is 0.219. The Morgan fingerprint density at radius 3 is 2.84 bits per heavy atom. The quantitative estimate of drug-likeness (QED) is 0.900. The zero-order chi connectivity index (χ0) is 13.2. The Hall–Kier alpha value is -1.22. The van der Waals surface area contributed by atoms with Crippen molar-refractivity contribution in [1.29, 1.82) is 0 Å². The number of piperidine rings is 1. The molecule has 2 aliphatic rings. The number of rotatable bonds is 4. The maximum absolute atomic E-state index is 5.89. The van der Waals surface area contributed by atoms with Crippen molar-refractivity contribution in [2.24, 2.45) is 5.92 Å². The van der Waals surface area contributed by atoms with Crippen LogP contribution >= 0.6 is 0 Å². The highest BCUT2D eigenvalue weighted by atomic mass is 16.5. The summed E-state index contributed by atoms with van der Waals surface area (Å²) in [6, 6.07) is 8.93. The van der Waals surface area contributed by atoms with Crippen molar-refractivity contribution in [1.82, 2.24) is 4.90 Å². The summed E-state index contributed by atoms with van der Waals surface area (Å²) >= 11 is 0. The van der Waals surface area contributed by atoms with Crippen LogP contribution in [0.3, 0.4) is 0 Å². The van der Waals surface area contributed by atoms with Gasteiger partial charge in [-0.25, -0.2) is 0 Å². The van der Waals surface area contributed by atoms with Crippen molar-refractivity contribution < 1.29 is 4.74 Å². The monoisotopic (exact) mass is 260 g/mol. The second-order valence-electron chi connectivity index (χ2n) is 6.05. The van der Waals surface area contributed by atoms with Crippen LogP contribution in [0.4, 0.5) is 5.69 Å². The Kier molecular flexibility index (Phi) is 3.65. The summed E-state index contributed by atoms with van der Waals surface area (Å²) in [4.78, 5) is 2.58. The molecule has 0 spiro atoms. The van der Waals surface area contributed by atoms with Gasteiger partial charge in [0.25, 0.3) is 0 Å². The first-order valence-electron chi connectivity index (χ1n) is 7.47. The standard InChI is InChI=1S/C16H24N2O/c1-12(2)19-16-6-4-3-5-15(16)17-14-8-10-18-9-7-13(14)11-18/h3-6,12-14,17H,7-11H2,1-2H3. The predicted molar refractivity (Wildman–Crippen MR) is 78.8 cm³/mol. The van der Waals surface area contributed by atoms with Gasteiger partial charge in [0, 0.05) is 19.1 Å². The molecule has 104 valence electrons. The molecule has 2 heterocycles. The first kappa shape index (κ1) is 12.8. The number of ether oxygens (including phenoxy) is 1. The van der Waals surface area contributed by atoms with Gasteiger partial charge < -0.3 is 15.0 Å². The van der Waals surface area contributed by atoms with Gasteiger partial charge >= 0.3 is 0 Å². The first-order chi connectivity index (χ1) is 9.22. The molecule has 0 amide bonds. The van der Waals surface area contributed by atoms with E-state index in [2.05, 4.69) is 42.3 Å². The lowest BCUT2D eigenvalue weighted by Gasteiger charge is -2.32. The van der Waals surface area contributed by atoms with Gasteiger partial charge in [0.05, 0.1) is 11.8 Å². The Balaban J connectivity index is 1.72. The van der Waals surface area contributed by atoms with Gasteiger partial charge in [-0.3, -0.25) is 0 Å². The van der Waals surface area contributed by atoms with Crippen molar-refractivity contribution in [2.45, 2.75) is 38.8 Å². The van der Waals surface area contributed by atoms with Crippen LogP contribution in [0.5, 0.6) is 5.75 Å². The van der Waals surface area contributed by atoms with Crippen LogP contribution < -0.4 is 10.1 Å². The van der Waals surface area contributed by atoms with E-state index in [9.17, 15) is 0 Å². The van der Waals surface area contributed by atoms with E-state index in [0.29, 0.717) is 6.04 Å². The maximum atomic E-state index is 5.89. The van der Waals surface area contributed by atoms with Crippen molar-refractivity contribution >= 4 is 5.69 Å². The molecule has 2 bridgehead atoms. The molecule has 2 aliphatic heterocycles. The molecule has 19 heavy (non-hydrogen) atoms. The van der Waals surface area contributed by atoms with E-state index in [0.717, 1.165) is 17.4 Å². The van der Waals surface area contributed by atoms with Crippen LogP contribution in [0, 0.1) is 5.92 Å². The minimum absolute atomic E-state index is 0.219. The highest BCUT2D eigenvalue weighted by Gasteiger charge is 2.34. The molecular formula is C16H24N2O. The highest BCUT2D eigenvalue weighted by molar-refractivity contribution is 5.57. The van der Waals surface area contributed by atoms with Crippen LogP contribution in [0.1, 0.15) is 26.7 Å². The normalized spacial score (nSPS) is 29.5. The van der Waals surface area contributed by atoms with Crippen molar-refractivity contribution in [2.75, 3.05) is 25.0 Å². The molecule has 1 aromatic rings. The lowest BCUT2D eigenvalue weighted by molar-refractivity contribution is 0.240. The van der Waals surface area contributed by atoms with Crippen molar-refractivity contribution in [3.63, 3.8) is 0 Å². The van der Waals surface area contributed by atoms with E-state index in [1.807, 2.05) is 6.07 Å². The summed E-state index contributed by atoms with van der Waals surface area (Å²) in [5, 5.41) is 3.73. The van der Waals surface area contributed by atoms with Gasteiger partial charge in [0.2, 0.25) is 0 Å². The summed E-state index contributed by atoms with van der Waals surface area (Å²) < 4.78 is 5.89. The third-order valence-electron chi connectivity index (χ3n) is 4.22. The molecule has 2 saturated heterocycles. The largest absolute Gasteiger partial charge is 0.489 e. The molecule has 3 unspecified atom stereocenters. The van der Waals surface area contributed by atoms with Gasteiger partial charge in [-0.05, 0) is 51.3 Å². The van der Waals surface area contributed by atoms with Crippen LogP contribution in [0.15, 0.2) is 24.3 Å². The third kappa shape index (κ3) is 2.86. The first-order valence-corrected chi connectivity index (χ1v) is 7.47. The summed E-state index contributed by atoms with van der Waals surface area (Å²) in [5.41, 5.74) is 1.15. The molecule has 0 aromatic heterocycles. The van der Waals surface area contributed by atoms with E-state index < -0.39 is 0 Å². The summed E-state index contributed by atoms with van der Waals surface area (Å²) in [7, 11) is 0. The van der Waals surface area contributed by atoms with Gasteiger partial charge in [-0.15, -0.1) is 0 Å². The SMILES string of the molecule is CC(C)Oc1ccccc1NC1CCN2CCC1C2. The highest BCUT2D eigenvalue weighted by Crippen LogP contribution is 2.32. The van der Waals surface area contributed by atoms with Crippen molar-refractivity contribution in [3.8, 4) is 5.75 Å². The number of nitrogens with zero attached hydrogens (tertiary/aromatic N) is 1. The fourth-order valence-corrected chi connectivity index (χ4v) is 3.28. The lowest BCUT2D eigenvalue weighted by atomic mass is 9.94. The molecule has 3 atom stereocenters. The Labute approximate surface area is 115 Å². The van der Waals surface area contributed by atoms with Crippen LogP contribution in [-0.2, 0) is 0 Å². The molecule has 2 fully saturated rings. The third-order valence-corrected chi connectivity index (χ3v) is 4.22. The van der Waals surface area contributed by atoms with E-state index >= 15 is 0 Å². The zero-order valence-electron chi connectivity index (χ0n) is 11.9. The summed E-state index contributed by atoms with van der Waals surface area (Å²) in [6.45, 7) is 7.94. The fraction of sp³-hybridized carbons (Fsp3) is 0.625. The molecule has 0 radical (unpaired) electrons. The summed E-state index contributed by atoms with van der Waals surface area (Å²) in [6.07, 6.45) is 2.81. The number of hydrogen-bond donors (Lipinski definition) is 1. The van der Waals surface area contributed by atoms with Crippen LogP contribution in [-0.4, -0.2) is 36.7 Å². The number of fused-ring (bicyclic) bond motifs is 2. The lowest BCUT2D eigenvalue weighted by Crippen LogP contribution is -2.39. The number of para-hydroxylation sites is 2. The van der Waals surface area contributed by atoms with Crippen LogP contribution in [0.25, 0.3) is 0 Å². The molecule has 1 N–H and O–H groups in total. The Morgan fingerprint density at radius 1 is 1.21 bits per heavy atom. The van der Waals surface area contributed by atoms with E-state index in [1.54, 1.807) is 0 Å². The smallest absolute Gasteiger partial charge is 0.142 e. The molecule has 3 nitrogen and oxygen atoms in total. The topological polar surface area (TPSA) is 24.5 Å². The Bertz CT molecular complexity index is 433. The van der Waals surface area contributed by atoms with Gasteiger partial charge in [-0.1, -0.05) is 12.1 Å². The maximum Gasteiger partial charge on any atom is 0.142 e. The average molecular weight is 260 g/mol. The van der Waals surface area contributed by atoms with Gasteiger partial charge in [-0.2, -0.15) is 0 Å². The van der Waals surface area contributed by atoms with Gasteiger partial charge in [0.15, 0.2) is 0 Å². The number of nitrogens with one attached hydrogen (secondary N) is 1. The van der Waals surface area contributed by atoms with Crippen LogP contribution in [0.2, 0.25) is 0 Å². The van der Waals surface area contributed by atoms with E-state index in [4.69, 9.17) is 4.74 Å². The Morgan fingerprint density at radius 2 is 2.00 bits per heavy atom. The number of anilines is 1. The molecule has 0 aliphatic carbocycles. The average Bonchev–Trinajstić information content (AvgIpc) is 2.77. The molecule has 1 aromatic carbocycles. The number of benzene rings is 1. The van der Waals surface area contributed by atoms with Crippen molar-refractivity contribution in [3.05, 3.63) is 24.3 Å². The molecule has 3 heteroatoms. The van der Waals surface area contributed by atoms with E-state index in [-0.39, 0.29) is 6.10 Å². The van der Waals surface area contributed by atoms with E-state index in [1.165, 1.54) is 32.5 Å². The molecule has 3 rings (SSSR count). The minimum Gasteiger partial charge on any atom is -0.489 e. The summed E-state index contributed by atoms with van der Waals surface area (Å²) in [5.74, 6) is 1.79.